The highest BCUT2D eigenvalue weighted by Gasteiger charge is 2.21. The number of rotatable bonds is 5. The van der Waals surface area contributed by atoms with Crippen LogP contribution in [0.2, 0.25) is 0 Å². The van der Waals surface area contributed by atoms with Gasteiger partial charge in [-0.25, -0.2) is 9.59 Å². The van der Waals surface area contributed by atoms with Crippen LogP contribution in [0.1, 0.15) is 26.3 Å². The maximum atomic E-state index is 12.2. The fourth-order valence-corrected chi connectivity index (χ4v) is 3.83. The van der Waals surface area contributed by atoms with Crippen LogP contribution in [0.25, 0.3) is 33.4 Å². The lowest BCUT2D eigenvalue weighted by Crippen LogP contribution is -2.06. The second kappa shape index (κ2) is 8.63. The molecule has 4 aromatic carbocycles. The van der Waals surface area contributed by atoms with E-state index in [-0.39, 0.29) is 16.7 Å². The molecule has 0 amide bonds. The summed E-state index contributed by atoms with van der Waals surface area (Å²) in [5, 5.41) is 19.8. The molecule has 0 spiro atoms. The fourth-order valence-electron chi connectivity index (χ4n) is 3.83. The Balaban J connectivity index is 1.94. The maximum Gasteiger partial charge on any atom is 0.337 e. The minimum Gasteiger partial charge on any atom is -0.478 e. The number of hydrogen-bond donors (Lipinski definition) is 2. The first kappa shape index (κ1) is 20.6. The van der Waals surface area contributed by atoms with Gasteiger partial charge in [-0.1, -0.05) is 90.8 Å². The SMILES string of the molecule is C#Cc1c(-c2ccc(-c3ccccc3)c(C(=O)O)c2)ccc(-c2ccccc2)c1C(=O)O. The molecule has 0 aliphatic carbocycles. The Morgan fingerprint density at radius 3 is 1.69 bits per heavy atom. The van der Waals surface area contributed by atoms with Gasteiger partial charge in [0.1, 0.15) is 0 Å². The topological polar surface area (TPSA) is 74.6 Å². The van der Waals surface area contributed by atoms with E-state index >= 15 is 0 Å². The van der Waals surface area contributed by atoms with E-state index in [1.807, 2.05) is 60.7 Å². The van der Waals surface area contributed by atoms with Crippen molar-refractivity contribution in [2.45, 2.75) is 0 Å². The van der Waals surface area contributed by atoms with Crippen molar-refractivity contribution in [3.8, 4) is 45.7 Å². The van der Waals surface area contributed by atoms with E-state index in [1.54, 1.807) is 24.3 Å². The van der Waals surface area contributed by atoms with Crippen molar-refractivity contribution in [2.75, 3.05) is 0 Å². The number of hydrogen-bond acceptors (Lipinski definition) is 2. The molecule has 0 heterocycles. The van der Waals surface area contributed by atoms with E-state index in [1.165, 1.54) is 6.07 Å². The molecular formula is C28H18O4. The van der Waals surface area contributed by atoms with E-state index < -0.39 is 11.9 Å². The Kier molecular flexibility index (Phi) is 5.57. The van der Waals surface area contributed by atoms with Gasteiger partial charge in [0.05, 0.1) is 11.1 Å². The van der Waals surface area contributed by atoms with Crippen LogP contribution >= 0.6 is 0 Å². The molecule has 0 fully saturated rings. The minimum absolute atomic E-state index is 0.0141. The number of terminal acetylenes is 1. The highest BCUT2D eigenvalue weighted by Crippen LogP contribution is 2.35. The van der Waals surface area contributed by atoms with Crippen LogP contribution < -0.4 is 0 Å². The fraction of sp³-hybridized carbons (Fsp3) is 0. The van der Waals surface area contributed by atoms with Crippen LogP contribution in [0.3, 0.4) is 0 Å². The standard InChI is InChI=1S/C28H18O4/c1-2-21-23(15-16-24(26(21)28(31)32)19-11-7-4-8-12-19)20-13-14-22(25(17-20)27(29)30)18-9-5-3-6-10-18/h1,3-17H,(H,29,30)(H,31,32). The summed E-state index contributed by atoms with van der Waals surface area (Å²) in [5.74, 6) is 0.304. The zero-order valence-corrected chi connectivity index (χ0v) is 16.9. The van der Waals surface area contributed by atoms with Gasteiger partial charge in [-0.3, -0.25) is 0 Å². The molecule has 154 valence electrons. The number of benzene rings is 4. The summed E-state index contributed by atoms with van der Waals surface area (Å²) in [6, 6.07) is 26.8. The van der Waals surface area contributed by atoms with Gasteiger partial charge in [0.15, 0.2) is 0 Å². The predicted octanol–water partition coefficient (Wildman–Crippen LogP) is 6.07. The molecule has 0 saturated heterocycles. The van der Waals surface area contributed by atoms with Crippen molar-refractivity contribution in [1.29, 1.82) is 0 Å². The third kappa shape index (κ3) is 3.76. The van der Waals surface area contributed by atoms with E-state index in [2.05, 4.69) is 5.92 Å². The Morgan fingerprint density at radius 2 is 1.16 bits per heavy atom. The molecule has 4 nitrogen and oxygen atoms in total. The number of carboxylic acids is 2. The maximum absolute atomic E-state index is 12.2. The molecule has 0 aromatic heterocycles. The Labute approximate surface area is 185 Å². The molecule has 0 saturated carbocycles. The van der Waals surface area contributed by atoms with Gasteiger partial charge >= 0.3 is 11.9 Å². The smallest absolute Gasteiger partial charge is 0.337 e. The quantitative estimate of drug-likeness (QED) is 0.386. The molecule has 4 aromatic rings. The lowest BCUT2D eigenvalue weighted by atomic mass is 9.88. The Morgan fingerprint density at radius 1 is 0.625 bits per heavy atom. The first-order valence-electron chi connectivity index (χ1n) is 9.86. The van der Waals surface area contributed by atoms with Crippen LogP contribution in [-0.2, 0) is 0 Å². The largest absolute Gasteiger partial charge is 0.478 e. The predicted molar refractivity (Wildman–Crippen MR) is 125 cm³/mol. The Bertz CT molecular complexity index is 1360. The van der Waals surface area contributed by atoms with Gasteiger partial charge in [0, 0.05) is 5.56 Å². The van der Waals surface area contributed by atoms with Crippen molar-refractivity contribution >= 4 is 11.9 Å². The molecule has 0 atom stereocenters. The minimum atomic E-state index is -1.14. The van der Waals surface area contributed by atoms with Crippen LogP contribution in [0.15, 0.2) is 91.0 Å². The highest BCUT2D eigenvalue weighted by molar-refractivity contribution is 6.02. The first-order valence-corrected chi connectivity index (χ1v) is 9.86. The van der Waals surface area contributed by atoms with Crippen LogP contribution in [0.5, 0.6) is 0 Å². The van der Waals surface area contributed by atoms with Crippen molar-refractivity contribution in [3.05, 3.63) is 108 Å². The van der Waals surface area contributed by atoms with E-state index in [0.29, 0.717) is 22.3 Å². The van der Waals surface area contributed by atoms with Crippen molar-refractivity contribution < 1.29 is 19.8 Å². The third-order valence-corrected chi connectivity index (χ3v) is 5.29. The summed E-state index contributed by atoms with van der Waals surface area (Å²) in [5.41, 5.74) is 3.96. The molecule has 0 aliphatic heterocycles. The van der Waals surface area contributed by atoms with Gasteiger partial charge in [-0.05, 0) is 39.4 Å². The number of carbonyl (C=O) groups is 2. The van der Waals surface area contributed by atoms with E-state index in [4.69, 9.17) is 6.42 Å². The summed E-state index contributed by atoms with van der Waals surface area (Å²) >= 11 is 0. The monoisotopic (exact) mass is 418 g/mol. The number of aromatic carboxylic acids is 2. The van der Waals surface area contributed by atoms with Crippen molar-refractivity contribution in [2.24, 2.45) is 0 Å². The summed E-state index contributed by atoms with van der Waals surface area (Å²) < 4.78 is 0. The van der Waals surface area contributed by atoms with Crippen LogP contribution in [0, 0.1) is 12.3 Å². The lowest BCUT2D eigenvalue weighted by Gasteiger charge is -2.15. The lowest BCUT2D eigenvalue weighted by molar-refractivity contribution is 0.0686. The molecule has 0 radical (unpaired) electrons. The first-order chi connectivity index (χ1) is 15.5. The Hall–Kier alpha value is -4.62. The van der Waals surface area contributed by atoms with Gasteiger partial charge in [0.25, 0.3) is 0 Å². The van der Waals surface area contributed by atoms with Gasteiger partial charge in [-0.15, -0.1) is 6.42 Å². The van der Waals surface area contributed by atoms with E-state index in [9.17, 15) is 19.8 Å². The number of carboxylic acid groups (broad SMARTS) is 2. The summed E-state index contributed by atoms with van der Waals surface area (Å²) in [6.07, 6.45) is 5.76. The molecule has 0 unspecified atom stereocenters. The van der Waals surface area contributed by atoms with Crippen molar-refractivity contribution in [1.82, 2.24) is 0 Å². The summed E-state index contributed by atoms with van der Waals surface area (Å²) in [6.45, 7) is 0. The molecule has 4 rings (SSSR count). The van der Waals surface area contributed by atoms with Crippen LogP contribution in [-0.4, -0.2) is 22.2 Å². The van der Waals surface area contributed by atoms with Gasteiger partial charge in [0.2, 0.25) is 0 Å². The zero-order valence-electron chi connectivity index (χ0n) is 16.9. The third-order valence-electron chi connectivity index (χ3n) is 5.29. The van der Waals surface area contributed by atoms with Gasteiger partial charge < -0.3 is 10.2 Å². The van der Waals surface area contributed by atoms with E-state index in [0.717, 1.165) is 11.1 Å². The molecule has 2 N–H and O–H groups in total. The van der Waals surface area contributed by atoms with Crippen LogP contribution in [0.4, 0.5) is 0 Å². The molecule has 32 heavy (non-hydrogen) atoms. The van der Waals surface area contributed by atoms with Gasteiger partial charge in [-0.2, -0.15) is 0 Å². The summed E-state index contributed by atoms with van der Waals surface area (Å²) in [4.78, 5) is 24.2. The normalized spacial score (nSPS) is 10.3. The summed E-state index contributed by atoms with van der Waals surface area (Å²) in [7, 11) is 0. The second-order valence-corrected chi connectivity index (χ2v) is 7.16. The molecule has 4 heteroatoms. The average molecular weight is 418 g/mol. The average Bonchev–Trinajstić information content (AvgIpc) is 2.83. The molecular weight excluding hydrogens is 400 g/mol. The van der Waals surface area contributed by atoms with Crippen molar-refractivity contribution in [3.63, 3.8) is 0 Å². The highest BCUT2D eigenvalue weighted by atomic mass is 16.4. The second-order valence-electron chi connectivity index (χ2n) is 7.16. The molecule has 0 bridgehead atoms. The zero-order chi connectivity index (χ0) is 22.7. The molecule has 0 aliphatic rings.